The van der Waals surface area contributed by atoms with Gasteiger partial charge in [-0.3, -0.25) is 24.0 Å². The number of carbonyl (C=O) groups is 5. The van der Waals surface area contributed by atoms with Gasteiger partial charge in [0, 0.05) is 12.0 Å². The summed E-state index contributed by atoms with van der Waals surface area (Å²) >= 11 is 0. The summed E-state index contributed by atoms with van der Waals surface area (Å²) in [6.45, 7) is 3.13. The number of ether oxygens (including phenoxy) is 1. The van der Waals surface area contributed by atoms with E-state index in [4.69, 9.17) is 9.84 Å². The summed E-state index contributed by atoms with van der Waals surface area (Å²) < 4.78 is 5.74. The van der Waals surface area contributed by atoms with Crippen molar-refractivity contribution in [1.29, 1.82) is 0 Å². The van der Waals surface area contributed by atoms with Gasteiger partial charge < -0.3 is 31.1 Å². The summed E-state index contributed by atoms with van der Waals surface area (Å²) in [6.07, 6.45) is 0.386. The highest BCUT2D eigenvalue weighted by Gasteiger charge is 2.28. The molecule has 0 spiro atoms. The summed E-state index contributed by atoms with van der Waals surface area (Å²) in [7, 11) is 0. The van der Waals surface area contributed by atoms with Crippen LogP contribution in [0.15, 0.2) is 84.9 Å². The fraction of sp³-hybridized carbons (Fsp3) is 0.303. The summed E-state index contributed by atoms with van der Waals surface area (Å²) in [5.74, 6) is -2.95. The molecule has 3 aromatic carbocycles. The van der Waals surface area contributed by atoms with Crippen molar-refractivity contribution in [3.63, 3.8) is 0 Å². The van der Waals surface area contributed by atoms with Crippen LogP contribution in [0.5, 0.6) is 5.75 Å². The van der Waals surface area contributed by atoms with Crippen molar-refractivity contribution in [2.45, 2.75) is 45.4 Å². The molecule has 232 valence electrons. The zero-order valence-electron chi connectivity index (χ0n) is 24.7. The van der Waals surface area contributed by atoms with Crippen LogP contribution in [0.2, 0.25) is 0 Å². The Bertz CT molecular complexity index is 1400. The van der Waals surface area contributed by atoms with Gasteiger partial charge >= 0.3 is 5.97 Å². The SMILES string of the molecule is CC(C)C[C@H](NC(=O)[C@H](Cc1ccccc1)NC(=O)CNC(=O)c1ccc(OCc2ccccc2)cc1)C(=O)NCC(=O)O. The zero-order valence-corrected chi connectivity index (χ0v) is 24.7. The number of amides is 4. The van der Waals surface area contributed by atoms with Gasteiger partial charge in [0.25, 0.3) is 5.91 Å². The van der Waals surface area contributed by atoms with E-state index in [-0.39, 0.29) is 18.8 Å². The van der Waals surface area contributed by atoms with Crippen molar-refractivity contribution in [1.82, 2.24) is 21.3 Å². The first-order chi connectivity index (χ1) is 21.1. The molecule has 2 atom stereocenters. The first kappa shape index (κ1) is 33.3. The molecule has 0 aliphatic heterocycles. The first-order valence-electron chi connectivity index (χ1n) is 14.3. The molecule has 5 N–H and O–H groups in total. The summed E-state index contributed by atoms with van der Waals surface area (Å²) in [4.78, 5) is 62.4. The van der Waals surface area contributed by atoms with E-state index < -0.39 is 54.8 Å². The second kappa shape index (κ2) is 17.1. The molecule has 3 aromatic rings. The minimum atomic E-state index is -1.21. The Morgan fingerprint density at radius 2 is 1.32 bits per heavy atom. The molecule has 0 radical (unpaired) electrons. The molecule has 0 saturated heterocycles. The Morgan fingerprint density at radius 3 is 1.91 bits per heavy atom. The third-order valence-electron chi connectivity index (χ3n) is 6.46. The summed E-state index contributed by atoms with van der Waals surface area (Å²) in [5, 5.41) is 19.1. The maximum atomic E-state index is 13.3. The smallest absolute Gasteiger partial charge is 0.322 e. The van der Waals surface area contributed by atoms with Gasteiger partial charge in [-0.25, -0.2) is 0 Å². The van der Waals surface area contributed by atoms with Gasteiger partial charge in [-0.2, -0.15) is 0 Å². The normalized spacial score (nSPS) is 12.0. The van der Waals surface area contributed by atoms with Gasteiger partial charge in [0.15, 0.2) is 0 Å². The maximum absolute atomic E-state index is 13.3. The van der Waals surface area contributed by atoms with Gasteiger partial charge in [-0.05, 0) is 47.7 Å². The lowest BCUT2D eigenvalue weighted by Crippen LogP contribution is -2.56. The molecule has 0 unspecified atom stereocenters. The topological polar surface area (TPSA) is 163 Å². The fourth-order valence-electron chi connectivity index (χ4n) is 4.27. The van der Waals surface area contributed by atoms with E-state index in [9.17, 15) is 24.0 Å². The number of nitrogens with one attached hydrogen (secondary N) is 4. The highest BCUT2D eigenvalue weighted by molar-refractivity contribution is 5.97. The van der Waals surface area contributed by atoms with Gasteiger partial charge in [0.05, 0.1) is 6.54 Å². The highest BCUT2D eigenvalue weighted by atomic mass is 16.5. The Morgan fingerprint density at radius 1 is 0.705 bits per heavy atom. The van der Waals surface area contributed by atoms with Crippen LogP contribution in [0, 0.1) is 5.92 Å². The number of hydrogen-bond donors (Lipinski definition) is 5. The molecule has 0 aliphatic rings. The average molecular weight is 603 g/mol. The minimum Gasteiger partial charge on any atom is -0.489 e. The largest absolute Gasteiger partial charge is 0.489 e. The summed E-state index contributed by atoms with van der Waals surface area (Å²) in [6, 6.07) is 23.1. The predicted octanol–water partition coefficient (Wildman–Crippen LogP) is 2.45. The van der Waals surface area contributed by atoms with Gasteiger partial charge in [0.2, 0.25) is 17.7 Å². The standard InChI is InChI=1S/C33H38N4O7/c1-22(2)17-27(32(42)35-20-30(39)40)37-33(43)28(18-23-9-5-3-6-10-23)36-29(38)19-34-31(41)25-13-15-26(16-14-25)44-21-24-11-7-4-8-12-24/h3-16,22,27-28H,17-21H2,1-2H3,(H,34,41)(H,35,42)(H,36,38)(H,37,43)(H,39,40)/t27-,28-/m0/s1. The lowest BCUT2D eigenvalue weighted by molar-refractivity contribution is -0.138. The van der Waals surface area contributed by atoms with E-state index in [1.54, 1.807) is 48.5 Å². The van der Waals surface area contributed by atoms with Crippen LogP contribution in [-0.4, -0.2) is 59.9 Å². The van der Waals surface area contributed by atoms with E-state index >= 15 is 0 Å². The Labute approximate surface area is 256 Å². The van der Waals surface area contributed by atoms with Crippen LogP contribution in [0.1, 0.15) is 41.8 Å². The van der Waals surface area contributed by atoms with Crippen molar-refractivity contribution < 1.29 is 33.8 Å². The molecule has 0 bridgehead atoms. The van der Waals surface area contributed by atoms with Crippen molar-refractivity contribution in [2.24, 2.45) is 5.92 Å². The average Bonchev–Trinajstić information content (AvgIpc) is 3.01. The first-order valence-corrected chi connectivity index (χ1v) is 14.3. The second-order valence-corrected chi connectivity index (χ2v) is 10.6. The van der Waals surface area contributed by atoms with Crippen LogP contribution in [0.3, 0.4) is 0 Å². The summed E-state index contributed by atoms with van der Waals surface area (Å²) in [5.41, 5.74) is 2.10. The minimum absolute atomic E-state index is 0.0118. The number of carboxylic acids is 1. The Kier molecular flexibility index (Phi) is 12.9. The third-order valence-corrected chi connectivity index (χ3v) is 6.46. The Hall–Kier alpha value is -5.19. The lowest BCUT2D eigenvalue weighted by Gasteiger charge is -2.24. The molecule has 44 heavy (non-hydrogen) atoms. The zero-order chi connectivity index (χ0) is 31.9. The quantitative estimate of drug-likeness (QED) is 0.168. The number of hydrogen-bond acceptors (Lipinski definition) is 6. The molecule has 0 aliphatic carbocycles. The van der Waals surface area contributed by atoms with Gasteiger partial charge in [-0.1, -0.05) is 74.5 Å². The molecular formula is C33H38N4O7. The van der Waals surface area contributed by atoms with Crippen molar-refractivity contribution in [2.75, 3.05) is 13.1 Å². The number of aliphatic carboxylic acids is 1. The molecule has 0 aromatic heterocycles. The van der Waals surface area contributed by atoms with E-state index in [1.165, 1.54) is 0 Å². The van der Waals surface area contributed by atoms with Gasteiger partial charge in [-0.15, -0.1) is 0 Å². The number of carboxylic acid groups (broad SMARTS) is 1. The molecule has 3 rings (SSSR count). The van der Waals surface area contributed by atoms with Crippen LogP contribution in [0.25, 0.3) is 0 Å². The van der Waals surface area contributed by atoms with Crippen LogP contribution in [0.4, 0.5) is 0 Å². The van der Waals surface area contributed by atoms with E-state index in [2.05, 4.69) is 21.3 Å². The van der Waals surface area contributed by atoms with E-state index in [1.807, 2.05) is 50.2 Å². The van der Waals surface area contributed by atoms with Crippen LogP contribution >= 0.6 is 0 Å². The molecule has 0 saturated carbocycles. The van der Waals surface area contributed by atoms with E-state index in [0.717, 1.165) is 11.1 Å². The maximum Gasteiger partial charge on any atom is 0.322 e. The highest BCUT2D eigenvalue weighted by Crippen LogP contribution is 2.14. The molecule has 11 nitrogen and oxygen atoms in total. The van der Waals surface area contributed by atoms with E-state index in [0.29, 0.717) is 17.9 Å². The van der Waals surface area contributed by atoms with Crippen LogP contribution in [-0.2, 0) is 32.2 Å². The van der Waals surface area contributed by atoms with Gasteiger partial charge in [0.1, 0.15) is 31.0 Å². The number of benzene rings is 3. The molecule has 11 heteroatoms. The molecule has 0 fully saturated rings. The van der Waals surface area contributed by atoms with Crippen LogP contribution < -0.4 is 26.0 Å². The fourth-order valence-corrected chi connectivity index (χ4v) is 4.27. The van der Waals surface area contributed by atoms with Crippen molar-refractivity contribution in [3.8, 4) is 5.75 Å². The monoisotopic (exact) mass is 602 g/mol. The molecular weight excluding hydrogens is 564 g/mol. The Balaban J connectivity index is 1.60. The molecule has 4 amide bonds. The molecule has 0 heterocycles. The number of rotatable bonds is 16. The van der Waals surface area contributed by atoms with Crippen molar-refractivity contribution >= 4 is 29.6 Å². The predicted molar refractivity (Wildman–Crippen MR) is 164 cm³/mol. The second-order valence-electron chi connectivity index (χ2n) is 10.6. The third kappa shape index (κ3) is 11.6. The number of carbonyl (C=O) groups excluding carboxylic acids is 4. The van der Waals surface area contributed by atoms with Crippen molar-refractivity contribution in [3.05, 3.63) is 102 Å². The lowest BCUT2D eigenvalue weighted by atomic mass is 10.0.